The first-order chi connectivity index (χ1) is 7.34. The summed E-state index contributed by atoms with van der Waals surface area (Å²) in [5.74, 6) is 2.65. The zero-order valence-corrected chi connectivity index (χ0v) is 10.3. The summed E-state index contributed by atoms with van der Waals surface area (Å²) < 4.78 is 0. The third kappa shape index (κ3) is 3.94. The van der Waals surface area contributed by atoms with Crippen LogP contribution in [0.25, 0.3) is 0 Å². The lowest BCUT2D eigenvalue weighted by atomic mass is 10.1. The molecule has 2 heterocycles. The Labute approximate surface area is 97.4 Å². The molecular formula is C11H23N3S. The first-order valence-electron chi connectivity index (χ1n) is 6.12. The Balaban J connectivity index is 1.60. The van der Waals surface area contributed by atoms with Gasteiger partial charge in [0.1, 0.15) is 0 Å². The lowest BCUT2D eigenvalue weighted by molar-refractivity contribution is 0.179. The summed E-state index contributed by atoms with van der Waals surface area (Å²) in [5.41, 5.74) is 5.90. The van der Waals surface area contributed by atoms with Crippen molar-refractivity contribution in [3.63, 3.8) is 0 Å². The second kappa shape index (κ2) is 6.09. The summed E-state index contributed by atoms with van der Waals surface area (Å²) in [7, 11) is 0. The Bertz CT molecular complexity index is 175. The van der Waals surface area contributed by atoms with E-state index >= 15 is 0 Å². The van der Waals surface area contributed by atoms with Crippen LogP contribution in [0.1, 0.15) is 12.8 Å². The fraction of sp³-hybridized carbons (Fsp3) is 1.00. The minimum atomic E-state index is 0.465. The molecule has 0 atom stereocenters. The summed E-state index contributed by atoms with van der Waals surface area (Å²) in [6.07, 6.45) is 2.38. The van der Waals surface area contributed by atoms with Gasteiger partial charge in [-0.25, -0.2) is 0 Å². The number of piperidine rings is 1. The fourth-order valence-electron chi connectivity index (χ4n) is 2.28. The maximum atomic E-state index is 5.90. The second-order valence-electron chi connectivity index (χ2n) is 4.63. The maximum absolute atomic E-state index is 5.90. The van der Waals surface area contributed by atoms with E-state index in [1.165, 1.54) is 63.6 Å². The summed E-state index contributed by atoms with van der Waals surface area (Å²) in [6.45, 7) is 7.51. The number of hydrogen-bond acceptors (Lipinski definition) is 4. The van der Waals surface area contributed by atoms with Crippen LogP contribution in [0.3, 0.4) is 0 Å². The van der Waals surface area contributed by atoms with Crippen LogP contribution in [-0.4, -0.2) is 66.6 Å². The van der Waals surface area contributed by atoms with Gasteiger partial charge >= 0.3 is 0 Å². The molecule has 0 aromatic heterocycles. The van der Waals surface area contributed by atoms with E-state index in [-0.39, 0.29) is 0 Å². The SMILES string of the molecule is NC1CCN(CCN2CCSCC2)CC1. The fourth-order valence-corrected chi connectivity index (χ4v) is 3.26. The predicted octanol–water partition coefficient (Wildman–Crippen LogP) is 0.458. The average molecular weight is 229 g/mol. The standard InChI is InChI=1S/C11H23N3S/c12-11-1-3-13(4-2-11)5-6-14-7-9-15-10-8-14/h11H,1-10,12H2. The zero-order valence-electron chi connectivity index (χ0n) is 9.53. The minimum absolute atomic E-state index is 0.465. The van der Waals surface area contributed by atoms with E-state index in [1.54, 1.807) is 0 Å². The molecule has 2 rings (SSSR count). The molecule has 2 aliphatic rings. The number of nitrogens with zero attached hydrogens (tertiary/aromatic N) is 2. The number of nitrogens with two attached hydrogens (primary N) is 1. The van der Waals surface area contributed by atoms with Crippen LogP contribution >= 0.6 is 11.8 Å². The van der Waals surface area contributed by atoms with Gasteiger partial charge in [0.25, 0.3) is 0 Å². The van der Waals surface area contributed by atoms with E-state index < -0.39 is 0 Å². The van der Waals surface area contributed by atoms with E-state index in [0.717, 1.165) is 0 Å². The molecule has 4 heteroatoms. The monoisotopic (exact) mass is 229 g/mol. The summed E-state index contributed by atoms with van der Waals surface area (Å²) >= 11 is 2.09. The third-order valence-electron chi connectivity index (χ3n) is 3.47. The first kappa shape index (κ1) is 11.7. The van der Waals surface area contributed by atoms with Gasteiger partial charge in [0.15, 0.2) is 0 Å². The Morgan fingerprint density at radius 1 is 0.933 bits per heavy atom. The highest BCUT2D eigenvalue weighted by molar-refractivity contribution is 7.99. The highest BCUT2D eigenvalue weighted by atomic mass is 32.2. The van der Waals surface area contributed by atoms with Crippen molar-refractivity contribution in [3.05, 3.63) is 0 Å². The molecule has 0 bridgehead atoms. The molecule has 2 saturated heterocycles. The zero-order chi connectivity index (χ0) is 10.5. The quantitative estimate of drug-likeness (QED) is 0.762. The Hall–Kier alpha value is 0.230. The molecule has 2 N–H and O–H groups in total. The smallest absolute Gasteiger partial charge is 0.0110 e. The Kier molecular flexibility index (Phi) is 4.75. The van der Waals surface area contributed by atoms with E-state index in [0.29, 0.717) is 6.04 Å². The summed E-state index contributed by atoms with van der Waals surface area (Å²) in [6, 6.07) is 0.465. The van der Waals surface area contributed by atoms with Gasteiger partial charge in [0, 0.05) is 43.7 Å². The van der Waals surface area contributed by atoms with Crippen molar-refractivity contribution in [2.24, 2.45) is 5.73 Å². The van der Waals surface area contributed by atoms with Crippen molar-refractivity contribution in [3.8, 4) is 0 Å². The lowest BCUT2D eigenvalue weighted by Gasteiger charge is -2.33. The molecule has 15 heavy (non-hydrogen) atoms. The molecule has 0 saturated carbocycles. The van der Waals surface area contributed by atoms with Crippen LogP contribution in [0.4, 0.5) is 0 Å². The predicted molar refractivity (Wildman–Crippen MR) is 67.4 cm³/mol. The molecule has 0 unspecified atom stereocenters. The number of rotatable bonds is 3. The minimum Gasteiger partial charge on any atom is -0.328 e. The van der Waals surface area contributed by atoms with Crippen molar-refractivity contribution in [2.75, 3.05) is 50.8 Å². The van der Waals surface area contributed by atoms with Gasteiger partial charge < -0.3 is 15.5 Å². The molecule has 3 nitrogen and oxygen atoms in total. The topological polar surface area (TPSA) is 32.5 Å². The molecule has 2 aliphatic heterocycles. The number of likely N-dealkylation sites (tertiary alicyclic amines) is 1. The van der Waals surface area contributed by atoms with Crippen molar-refractivity contribution >= 4 is 11.8 Å². The number of thioether (sulfide) groups is 1. The third-order valence-corrected chi connectivity index (χ3v) is 4.41. The summed E-state index contributed by atoms with van der Waals surface area (Å²) in [5, 5.41) is 0. The molecule has 0 aromatic carbocycles. The normalized spacial score (nSPS) is 27.0. The van der Waals surface area contributed by atoms with E-state index in [9.17, 15) is 0 Å². The maximum Gasteiger partial charge on any atom is 0.0110 e. The molecule has 0 amide bonds. The van der Waals surface area contributed by atoms with Crippen molar-refractivity contribution in [1.82, 2.24) is 9.80 Å². The van der Waals surface area contributed by atoms with Crippen LogP contribution in [0.5, 0.6) is 0 Å². The second-order valence-corrected chi connectivity index (χ2v) is 5.86. The van der Waals surface area contributed by atoms with E-state index in [1.807, 2.05) is 0 Å². The molecule has 0 radical (unpaired) electrons. The molecule has 2 fully saturated rings. The van der Waals surface area contributed by atoms with Gasteiger partial charge in [-0.1, -0.05) is 0 Å². The van der Waals surface area contributed by atoms with E-state index in [4.69, 9.17) is 5.73 Å². The van der Waals surface area contributed by atoms with Gasteiger partial charge in [-0.2, -0.15) is 11.8 Å². The van der Waals surface area contributed by atoms with E-state index in [2.05, 4.69) is 21.6 Å². The first-order valence-corrected chi connectivity index (χ1v) is 7.28. The number of hydrogen-bond donors (Lipinski definition) is 1. The highest BCUT2D eigenvalue weighted by Gasteiger charge is 2.17. The van der Waals surface area contributed by atoms with Crippen molar-refractivity contribution in [1.29, 1.82) is 0 Å². The van der Waals surface area contributed by atoms with Crippen LogP contribution in [0.15, 0.2) is 0 Å². The molecule has 0 aliphatic carbocycles. The van der Waals surface area contributed by atoms with Gasteiger partial charge in [-0.05, 0) is 25.9 Å². The molecule has 88 valence electrons. The average Bonchev–Trinajstić information content (AvgIpc) is 2.30. The van der Waals surface area contributed by atoms with Gasteiger partial charge in [0.2, 0.25) is 0 Å². The van der Waals surface area contributed by atoms with Crippen molar-refractivity contribution in [2.45, 2.75) is 18.9 Å². The lowest BCUT2D eigenvalue weighted by Crippen LogP contribution is -2.44. The Morgan fingerprint density at radius 2 is 1.47 bits per heavy atom. The molecular weight excluding hydrogens is 206 g/mol. The van der Waals surface area contributed by atoms with Gasteiger partial charge in [-0.15, -0.1) is 0 Å². The van der Waals surface area contributed by atoms with Crippen LogP contribution in [-0.2, 0) is 0 Å². The van der Waals surface area contributed by atoms with Crippen molar-refractivity contribution < 1.29 is 0 Å². The molecule has 0 aromatic rings. The van der Waals surface area contributed by atoms with Crippen LogP contribution in [0.2, 0.25) is 0 Å². The Morgan fingerprint density at radius 3 is 2.07 bits per heavy atom. The van der Waals surface area contributed by atoms with Crippen LogP contribution < -0.4 is 5.73 Å². The largest absolute Gasteiger partial charge is 0.328 e. The van der Waals surface area contributed by atoms with Gasteiger partial charge in [-0.3, -0.25) is 0 Å². The van der Waals surface area contributed by atoms with Gasteiger partial charge in [0.05, 0.1) is 0 Å². The highest BCUT2D eigenvalue weighted by Crippen LogP contribution is 2.11. The summed E-state index contributed by atoms with van der Waals surface area (Å²) in [4.78, 5) is 5.18. The molecule has 0 spiro atoms. The van der Waals surface area contributed by atoms with Crippen LogP contribution in [0, 0.1) is 0 Å².